The summed E-state index contributed by atoms with van der Waals surface area (Å²) in [6.45, 7) is 1.82. The fourth-order valence-electron chi connectivity index (χ4n) is 1.51. The third-order valence-electron chi connectivity index (χ3n) is 2.29. The van der Waals surface area contributed by atoms with Crippen LogP contribution < -0.4 is 0 Å². The summed E-state index contributed by atoms with van der Waals surface area (Å²) in [5, 5.41) is 10.7. The number of rotatable bonds is 1. The first-order valence-corrected chi connectivity index (χ1v) is 4.17. The minimum absolute atomic E-state index is 0.102. The molecule has 1 aromatic heterocycles. The summed E-state index contributed by atoms with van der Waals surface area (Å²) in [6.07, 6.45) is 0. The number of fused-ring (bicyclic) bond motifs is 1. The van der Waals surface area contributed by atoms with Crippen LogP contribution in [0.5, 0.6) is 0 Å². The predicted molar refractivity (Wildman–Crippen MR) is 52.1 cm³/mol. The summed E-state index contributed by atoms with van der Waals surface area (Å²) in [5.41, 5.74) is 1.35. The van der Waals surface area contributed by atoms with Gasteiger partial charge in [0.1, 0.15) is 11.3 Å². The van der Waals surface area contributed by atoms with Crippen LogP contribution in [0.15, 0.2) is 18.2 Å². The van der Waals surface area contributed by atoms with Crippen LogP contribution in [0.1, 0.15) is 5.82 Å². The van der Waals surface area contributed by atoms with Crippen molar-refractivity contribution in [3.8, 4) is 0 Å². The Bertz CT molecular complexity index is 516. The Morgan fingerprint density at radius 2 is 2.21 bits per heavy atom. The quantitative estimate of drug-likeness (QED) is 0.510. The highest BCUT2D eigenvalue weighted by Gasteiger charge is 2.16. The van der Waals surface area contributed by atoms with E-state index in [9.17, 15) is 10.1 Å². The number of para-hydroxylation sites is 1. The molecule has 5 nitrogen and oxygen atoms in total. The molecule has 5 heteroatoms. The van der Waals surface area contributed by atoms with Crippen molar-refractivity contribution in [2.75, 3.05) is 0 Å². The van der Waals surface area contributed by atoms with E-state index in [1.54, 1.807) is 23.7 Å². The zero-order valence-electron chi connectivity index (χ0n) is 7.89. The van der Waals surface area contributed by atoms with Gasteiger partial charge in [0, 0.05) is 13.1 Å². The van der Waals surface area contributed by atoms with Crippen molar-refractivity contribution < 1.29 is 4.92 Å². The van der Waals surface area contributed by atoms with E-state index in [0.29, 0.717) is 11.0 Å². The normalized spacial score (nSPS) is 10.7. The summed E-state index contributed by atoms with van der Waals surface area (Å²) >= 11 is 0. The van der Waals surface area contributed by atoms with E-state index in [1.165, 1.54) is 6.07 Å². The van der Waals surface area contributed by atoms with Gasteiger partial charge in [0.2, 0.25) is 0 Å². The summed E-state index contributed by atoms with van der Waals surface area (Å²) in [4.78, 5) is 14.6. The molecule has 0 amide bonds. The maximum atomic E-state index is 10.7. The van der Waals surface area contributed by atoms with E-state index in [-0.39, 0.29) is 10.6 Å². The fourth-order valence-corrected chi connectivity index (χ4v) is 1.51. The summed E-state index contributed by atoms with van der Waals surface area (Å²) in [7, 11) is 1.78. The first kappa shape index (κ1) is 8.68. The number of benzene rings is 1. The van der Waals surface area contributed by atoms with Crippen molar-refractivity contribution >= 4 is 16.7 Å². The highest BCUT2D eigenvalue weighted by molar-refractivity contribution is 5.85. The largest absolute Gasteiger partial charge is 0.326 e. The van der Waals surface area contributed by atoms with Crippen LogP contribution in [-0.2, 0) is 7.05 Å². The lowest BCUT2D eigenvalue weighted by molar-refractivity contribution is -0.383. The zero-order valence-corrected chi connectivity index (χ0v) is 7.89. The molecule has 0 aliphatic carbocycles. The smallest absolute Gasteiger partial charge is 0.295 e. The van der Waals surface area contributed by atoms with E-state index in [4.69, 9.17) is 0 Å². The Balaban J connectivity index is 2.91. The van der Waals surface area contributed by atoms with Gasteiger partial charge in [-0.25, -0.2) is 4.98 Å². The second-order valence-corrected chi connectivity index (χ2v) is 3.12. The molecular weight excluding hydrogens is 182 g/mol. The van der Waals surface area contributed by atoms with Crippen molar-refractivity contribution in [2.24, 2.45) is 7.05 Å². The maximum absolute atomic E-state index is 10.7. The van der Waals surface area contributed by atoms with Gasteiger partial charge in [-0.3, -0.25) is 10.1 Å². The first-order chi connectivity index (χ1) is 6.61. The lowest BCUT2D eigenvalue weighted by Crippen LogP contribution is -1.95. The van der Waals surface area contributed by atoms with Crippen molar-refractivity contribution in [1.82, 2.24) is 9.55 Å². The van der Waals surface area contributed by atoms with Crippen LogP contribution in [0.25, 0.3) is 11.0 Å². The van der Waals surface area contributed by atoms with Gasteiger partial charge in [-0.15, -0.1) is 0 Å². The molecule has 0 unspecified atom stereocenters. The highest BCUT2D eigenvalue weighted by atomic mass is 16.6. The van der Waals surface area contributed by atoms with Gasteiger partial charge >= 0.3 is 0 Å². The number of hydrogen-bond acceptors (Lipinski definition) is 3. The third-order valence-corrected chi connectivity index (χ3v) is 2.29. The number of non-ortho nitro benzene ring substituents is 1. The fraction of sp³-hybridized carbons (Fsp3) is 0.222. The Morgan fingerprint density at radius 1 is 1.50 bits per heavy atom. The monoisotopic (exact) mass is 191 g/mol. The number of aromatic nitrogens is 2. The molecule has 0 fully saturated rings. The van der Waals surface area contributed by atoms with Crippen molar-refractivity contribution in [2.45, 2.75) is 6.92 Å². The van der Waals surface area contributed by atoms with Gasteiger partial charge in [-0.1, -0.05) is 6.07 Å². The molecule has 2 rings (SSSR count). The van der Waals surface area contributed by atoms with Crippen molar-refractivity contribution in [1.29, 1.82) is 0 Å². The average Bonchev–Trinajstić information content (AvgIpc) is 2.43. The second-order valence-electron chi connectivity index (χ2n) is 3.12. The Hall–Kier alpha value is -1.91. The second kappa shape index (κ2) is 2.80. The molecule has 72 valence electrons. The molecule has 0 saturated heterocycles. The van der Waals surface area contributed by atoms with Crippen LogP contribution >= 0.6 is 0 Å². The molecule has 2 aromatic rings. The average molecular weight is 191 g/mol. The number of nitro groups is 1. The van der Waals surface area contributed by atoms with Crippen molar-refractivity contribution in [3.63, 3.8) is 0 Å². The zero-order chi connectivity index (χ0) is 10.3. The molecular formula is C9H9N3O2. The predicted octanol–water partition coefficient (Wildman–Crippen LogP) is 1.79. The van der Waals surface area contributed by atoms with Crippen LogP contribution in [0.4, 0.5) is 5.69 Å². The number of nitrogens with zero attached hydrogens (tertiary/aromatic N) is 3. The highest BCUT2D eigenvalue weighted by Crippen LogP contribution is 2.24. The third kappa shape index (κ3) is 1.06. The van der Waals surface area contributed by atoms with Crippen molar-refractivity contribution in [3.05, 3.63) is 34.1 Å². The van der Waals surface area contributed by atoms with Gasteiger partial charge in [-0.05, 0) is 13.0 Å². The molecule has 0 aliphatic heterocycles. The molecule has 0 radical (unpaired) electrons. The standard InChI is InChI=1S/C9H9N3O2/c1-6-10-7-4-3-5-8(12(13)14)9(7)11(6)2/h3-5H,1-2H3. The van der Waals surface area contributed by atoms with Crippen LogP contribution in [0.2, 0.25) is 0 Å². The van der Waals surface area contributed by atoms with Crippen LogP contribution in [0, 0.1) is 17.0 Å². The summed E-state index contributed by atoms with van der Waals surface area (Å²) in [6, 6.07) is 4.91. The number of imidazole rings is 1. The first-order valence-electron chi connectivity index (χ1n) is 4.17. The lowest BCUT2D eigenvalue weighted by atomic mass is 10.3. The Labute approximate surface area is 80.1 Å². The molecule has 14 heavy (non-hydrogen) atoms. The number of hydrogen-bond donors (Lipinski definition) is 0. The molecule has 1 aromatic carbocycles. The Morgan fingerprint density at radius 3 is 2.86 bits per heavy atom. The van der Waals surface area contributed by atoms with Gasteiger partial charge in [-0.2, -0.15) is 0 Å². The molecule has 0 aliphatic rings. The number of aryl methyl sites for hydroxylation is 2. The Kier molecular flexibility index (Phi) is 1.73. The molecule has 0 atom stereocenters. The maximum Gasteiger partial charge on any atom is 0.295 e. The van der Waals surface area contributed by atoms with Crippen LogP contribution in [0.3, 0.4) is 0 Å². The molecule has 1 heterocycles. The van der Waals surface area contributed by atoms with E-state index in [0.717, 1.165) is 5.82 Å². The summed E-state index contributed by atoms with van der Waals surface area (Å²) in [5.74, 6) is 0.773. The van der Waals surface area contributed by atoms with E-state index in [1.807, 2.05) is 6.92 Å². The topological polar surface area (TPSA) is 61.0 Å². The molecule has 0 N–H and O–H groups in total. The van der Waals surface area contributed by atoms with E-state index < -0.39 is 0 Å². The minimum atomic E-state index is -0.385. The van der Waals surface area contributed by atoms with Crippen LogP contribution in [-0.4, -0.2) is 14.5 Å². The molecule has 0 bridgehead atoms. The van der Waals surface area contributed by atoms with Gasteiger partial charge in [0.05, 0.1) is 10.4 Å². The SMILES string of the molecule is Cc1nc2cccc([N+](=O)[O-])c2n1C. The summed E-state index contributed by atoms with van der Waals surface area (Å²) < 4.78 is 1.73. The van der Waals surface area contributed by atoms with E-state index >= 15 is 0 Å². The van der Waals surface area contributed by atoms with E-state index in [2.05, 4.69) is 4.98 Å². The lowest BCUT2D eigenvalue weighted by Gasteiger charge is -1.97. The minimum Gasteiger partial charge on any atom is -0.326 e. The van der Waals surface area contributed by atoms with Gasteiger partial charge in [0.25, 0.3) is 5.69 Å². The number of nitro benzene ring substituents is 1. The van der Waals surface area contributed by atoms with Gasteiger partial charge in [0.15, 0.2) is 0 Å². The molecule has 0 spiro atoms. The molecule has 0 saturated carbocycles. The van der Waals surface area contributed by atoms with Gasteiger partial charge < -0.3 is 4.57 Å².